The highest BCUT2D eigenvalue weighted by Gasteiger charge is 2.34. The lowest BCUT2D eigenvalue weighted by Crippen LogP contribution is -2.43. The van der Waals surface area contributed by atoms with E-state index in [1.54, 1.807) is 16.6 Å². The second-order valence-corrected chi connectivity index (χ2v) is 10.6. The van der Waals surface area contributed by atoms with E-state index in [9.17, 15) is 15.2 Å². The van der Waals surface area contributed by atoms with Crippen molar-refractivity contribution in [3.8, 4) is 39.6 Å². The molecule has 6 aromatic rings. The molecule has 1 fully saturated rings. The molecule has 0 unspecified atom stereocenters. The molecular formula is C34H25N5O2. The van der Waals surface area contributed by atoms with Crippen LogP contribution < -0.4 is 5.73 Å². The van der Waals surface area contributed by atoms with Gasteiger partial charge in [-0.25, -0.2) is 14.3 Å². The Kier molecular flexibility index (Phi) is 5.67. The van der Waals surface area contributed by atoms with Crippen LogP contribution in [0.25, 0.3) is 50.1 Å². The summed E-state index contributed by atoms with van der Waals surface area (Å²) in [4.78, 5) is 16.9. The molecular weight excluding hydrogens is 510 g/mol. The number of nitrogens with zero attached hydrogens (tertiary/aromatic N) is 4. The van der Waals surface area contributed by atoms with E-state index in [1.165, 1.54) is 6.07 Å². The Labute approximate surface area is 236 Å². The van der Waals surface area contributed by atoms with E-state index in [1.807, 2.05) is 48.7 Å². The zero-order chi connectivity index (χ0) is 28.1. The summed E-state index contributed by atoms with van der Waals surface area (Å²) in [5, 5.41) is 24.6. The van der Waals surface area contributed by atoms with Crippen LogP contribution >= 0.6 is 0 Å². The van der Waals surface area contributed by atoms with Gasteiger partial charge in [-0.1, -0.05) is 66.7 Å². The van der Waals surface area contributed by atoms with Gasteiger partial charge in [-0.05, 0) is 65.8 Å². The quantitative estimate of drug-likeness (QED) is 0.251. The molecule has 1 aliphatic rings. The Morgan fingerprint density at radius 3 is 2.29 bits per heavy atom. The molecule has 198 valence electrons. The van der Waals surface area contributed by atoms with E-state index in [4.69, 9.17) is 15.8 Å². The number of benzene rings is 4. The number of carboxylic acid groups (broad SMARTS) is 1. The fraction of sp³-hybridized carbons (Fsp3) is 0.118. The first kappa shape index (κ1) is 24.7. The molecule has 1 saturated carbocycles. The maximum atomic E-state index is 11.7. The number of hydrogen-bond acceptors (Lipinski definition) is 5. The third-order valence-corrected chi connectivity index (χ3v) is 8.16. The van der Waals surface area contributed by atoms with Gasteiger partial charge in [-0.2, -0.15) is 10.4 Å². The normalized spacial score (nSPS) is 14.0. The number of aromatic nitrogens is 3. The van der Waals surface area contributed by atoms with Crippen LogP contribution in [-0.4, -0.2) is 25.7 Å². The van der Waals surface area contributed by atoms with Crippen molar-refractivity contribution in [1.82, 2.24) is 14.6 Å². The average molecular weight is 536 g/mol. The second kappa shape index (κ2) is 9.40. The molecule has 41 heavy (non-hydrogen) atoms. The first-order valence-corrected chi connectivity index (χ1v) is 13.5. The predicted molar refractivity (Wildman–Crippen MR) is 158 cm³/mol. The summed E-state index contributed by atoms with van der Waals surface area (Å²) in [6, 6.07) is 31.2. The van der Waals surface area contributed by atoms with Gasteiger partial charge in [0.1, 0.15) is 6.07 Å². The Bertz CT molecular complexity index is 2020. The Balaban J connectivity index is 1.41. The lowest BCUT2D eigenvalue weighted by Gasteiger charge is -2.38. The van der Waals surface area contributed by atoms with Gasteiger partial charge < -0.3 is 10.8 Å². The minimum absolute atomic E-state index is 0.0255. The van der Waals surface area contributed by atoms with Crippen molar-refractivity contribution in [1.29, 1.82) is 5.26 Å². The van der Waals surface area contributed by atoms with Crippen LogP contribution in [0, 0.1) is 11.3 Å². The molecule has 0 saturated heterocycles. The number of carboxylic acids is 1. The van der Waals surface area contributed by atoms with E-state index in [2.05, 4.69) is 36.4 Å². The van der Waals surface area contributed by atoms with Crippen molar-refractivity contribution in [2.45, 2.75) is 24.8 Å². The monoisotopic (exact) mass is 535 g/mol. The number of nitriles is 1. The lowest BCUT2D eigenvalue weighted by atomic mass is 9.72. The Hall–Kier alpha value is -5.32. The van der Waals surface area contributed by atoms with Crippen molar-refractivity contribution in [3.05, 3.63) is 114 Å². The molecule has 0 atom stereocenters. The smallest absolute Gasteiger partial charge is 0.337 e. The van der Waals surface area contributed by atoms with Crippen molar-refractivity contribution in [3.63, 3.8) is 0 Å². The fourth-order valence-electron chi connectivity index (χ4n) is 5.67. The molecule has 0 radical (unpaired) electrons. The maximum absolute atomic E-state index is 11.7. The van der Waals surface area contributed by atoms with Gasteiger partial charge in [0.25, 0.3) is 0 Å². The zero-order valence-electron chi connectivity index (χ0n) is 22.1. The van der Waals surface area contributed by atoms with Crippen LogP contribution in [0.5, 0.6) is 0 Å². The number of hydrogen-bond donors (Lipinski definition) is 2. The third-order valence-electron chi connectivity index (χ3n) is 8.16. The molecule has 3 N–H and O–H groups in total. The van der Waals surface area contributed by atoms with Gasteiger partial charge >= 0.3 is 5.97 Å². The standard InChI is InChI=1S/C34H25N5O2/c35-19-25-8-7-23(17-27(25)33(40)41)24-11-14-30-28(18-24)32-37-31(22-9-12-26(13-10-22)34(36)15-4-16-34)29(20-39(32)38-30)21-5-2-1-3-6-21/h1-3,5-14,17-18,20H,4,15-16,36H2,(H,40,41). The number of rotatable bonds is 5. The second-order valence-electron chi connectivity index (χ2n) is 10.6. The fourth-order valence-corrected chi connectivity index (χ4v) is 5.67. The molecule has 0 aliphatic heterocycles. The molecule has 2 aromatic heterocycles. The molecule has 7 heteroatoms. The van der Waals surface area contributed by atoms with Crippen molar-refractivity contribution < 1.29 is 9.90 Å². The molecule has 0 bridgehead atoms. The van der Waals surface area contributed by atoms with Crippen molar-refractivity contribution in [2.75, 3.05) is 0 Å². The van der Waals surface area contributed by atoms with Crippen molar-refractivity contribution >= 4 is 22.5 Å². The first-order chi connectivity index (χ1) is 19.9. The van der Waals surface area contributed by atoms with Gasteiger partial charge in [0, 0.05) is 28.2 Å². The number of fused-ring (bicyclic) bond motifs is 3. The molecule has 0 amide bonds. The molecule has 1 aliphatic carbocycles. The minimum Gasteiger partial charge on any atom is -0.478 e. The number of nitrogens with two attached hydrogens (primary N) is 1. The first-order valence-electron chi connectivity index (χ1n) is 13.5. The van der Waals surface area contributed by atoms with E-state index >= 15 is 0 Å². The molecule has 2 heterocycles. The van der Waals surface area contributed by atoms with Crippen molar-refractivity contribution in [2.24, 2.45) is 5.73 Å². The highest BCUT2D eigenvalue weighted by molar-refractivity contribution is 5.98. The largest absolute Gasteiger partial charge is 0.478 e. The molecule has 7 nitrogen and oxygen atoms in total. The zero-order valence-corrected chi connectivity index (χ0v) is 22.1. The summed E-state index contributed by atoms with van der Waals surface area (Å²) in [6.45, 7) is 0. The summed E-state index contributed by atoms with van der Waals surface area (Å²) >= 11 is 0. The van der Waals surface area contributed by atoms with Crippen LogP contribution in [0.2, 0.25) is 0 Å². The number of aromatic carboxylic acids is 1. The molecule has 4 aromatic carbocycles. The van der Waals surface area contributed by atoms with Crippen LogP contribution in [0.15, 0.2) is 97.2 Å². The van der Waals surface area contributed by atoms with E-state index in [0.29, 0.717) is 11.2 Å². The van der Waals surface area contributed by atoms with Crippen LogP contribution in [0.3, 0.4) is 0 Å². The SMILES string of the molecule is N#Cc1ccc(-c2ccc3nn4cc(-c5ccccc5)c(-c5ccc(C6(N)CCC6)cc5)nc4c3c2)cc1C(=O)O. The maximum Gasteiger partial charge on any atom is 0.337 e. The molecule has 7 rings (SSSR count). The highest BCUT2D eigenvalue weighted by Crippen LogP contribution is 2.40. The van der Waals surface area contributed by atoms with Gasteiger partial charge in [-0.15, -0.1) is 0 Å². The number of carbonyl (C=O) groups is 1. The van der Waals surface area contributed by atoms with Gasteiger partial charge in [0.05, 0.1) is 22.3 Å². The molecule has 0 spiro atoms. The van der Waals surface area contributed by atoms with Gasteiger partial charge in [0.15, 0.2) is 5.65 Å². The lowest BCUT2D eigenvalue weighted by molar-refractivity contribution is 0.0696. The summed E-state index contributed by atoms with van der Waals surface area (Å²) in [7, 11) is 0. The predicted octanol–water partition coefficient (Wildman–Crippen LogP) is 6.79. The Morgan fingerprint density at radius 2 is 1.61 bits per heavy atom. The van der Waals surface area contributed by atoms with Gasteiger partial charge in [0.2, 0.25) is 0 Å². The summed E-state index contributed by atoms with van der Waals surface area (Å²) in [6.07, 6.45) is 5.18. The van der Waals surface area contributed by atoms with E-state index in [0.717, 1.165) is 63.7 Å². The van der Waals surface area contributed by atoms with Crippen LogP contribution in [-0.2, 0) is 5.54 Å². The van der Waals surface area contributed by atoms with E-state index in [-0.39, 0.29) is 16.7 Å². The topological polar surface area (TPSA) is 117 Å². The minimum atomic E-state index is -1.14. The van der Waals surface area contributed by atoms with Gasteiger partial charge in [-0.3, -0.25) is 0 Å². The third kappa shape index (κ3) is 4.13. The van der Waals surface area contributed by atoms with Crippen LogP contribution in [0.4, 0.5) is 0 Å². The average Bonchev–Trinajstić information content (AvgIpc) is 3.36. The van der Waals surface area contributed by atoms with E-state index < -0.39 is 5.97 Å². The summed E-state index contributed by atoms with van der Waals surface area (Å²) < 4.78 is 1.80. The summed E-state index contributed by atoms with van der Waals surface area (Å²) in [5.41, 5.74) is 14.4. The summed E-state index contributed by atoms with van der Waals surface area (Å²) in [5.74, 6) is -1.14. The highest BCUT2D eigenvalue weighted by atomic mass is 16.4. The Morgan fingerprint density at radius 1 is 0.902 bits per heavy atom. The van der Waals surface area contributed by atoms with Crippen LogP contribution in [0.1, 0.15) is 40.7 Å².